The van der Waals surface area contributed by atoms with Crippen LogP contribution in [-0.2, 0) is 9.59 Å². The van der Waals surface area contributed by atoms with Crippen molar-refractivity contribution in [3.05, 3.63) is 29.8 Å². The summed E-state index contributed by atoms with van der Waals surface area (Å²) in [4.78, 5) is 26.5. The van der Waals surface area contributed by atoms with E-state index in [-0.39, 0.29) is 17.7 Å². The molecule has 0 radical (unpaired) electrons. The van der Waals surface area contributed by atoms with Crippen molar-refractivity contribution >= 4 is 17.5 Å². The molecule has 1 aliphatic heterocycles. The summed E-state index contributed by atoms with van der Waals surface area (Å²) in [5, 5.41) is 2.85. The summed E-state index contributed by atoms with van der Waals surface area (Å²) in [5.74, 6) is 0.0275. The highest BCUT2D eigenvalue weighted by atomic mass is 16.2. The van der Waals surface area contributed by atoms with E-state index in [2.05, 4.69) is 5.32 Å². The maximum Gasteiger partial charge on any atom is 0.250 e. The Morgan fingerprint density at radius 2 is 2.05 bits per heavy atom. The molecular formula is C16H22N2O2. The molecule has 1 aliphatic rings. The summed E-state index contributed by atoms with van der Waals surface area (Å²) < 4.78 is 0. The molecule has 0 spiro atoms. The highest BCUT2D eigenvalue weighted by molar-refractivity contribution is 6.08. The third kappa shape index (κ3) is 2.55. The standard InChI is InChI=1S/C16H22N2O2/c1-5-11(3)14-16(20)18(12(4)15(19)17-14)13-8-6-7-10(2)9-13/h6-9,11-12,14H,5H2,1-4H3,(H,17,19). The minimum atomic E-state index is -0.468. The summed E-state index contributed by atoms with van der Waals surface area (Å²) in [6.45, 7) is 7.77. The van der Waals surface area contributed by atoms with Gasteiger partial charge >= 0.3 is 0 Å². The number of hydrogen-bond donors (Lipinski definition) is 1. The van der Waals surface area contributed by atoms with Crippen LogP contribution >= 0.6 is 0 Å². The Hall–Kier alpha value is -1.84. The van der Waals surface area contributed by atoms with Crippen LogP contribution in [0, 0.1) is 12.8 Å². The summed E-state index contributed by atoms with van der Waals surface area (Å²) in [7, 11) is 0. The van der Waals surface area contributed by atoms with E-state index in [1.165, 1.54) is 0 Å². The lowest BCUT2D eigenvalue weighted by atomic mass is 9.94. The zero-order valence-electron chi connectivity index (χ0n) is 12.5. The first kappa shape index (κ1) is 14.6. The molecule has 1 fully saturated rings. The van der Waals surface area contributed by atoms with Crippen LogP contribution in [0.2, 0.25) is 0 Å². The lowest BCUT2D eigenvalue weighted by Crippen LogP contribution is -2.64. The summed E-state index contributed by atoms with van der Waals surface area (Å²) in [5.41, 5.74) is 1.87. The van der Waals surface area contributed by atoms with Gasteiger partial charge in [0, 0.05) is 5.69 Å². The molecule has 2 amide bonds. The average molecular weight is 274 g/mol. The van der Waals surface area contributed by atoms with Crippen LogP contribution in [0.25, 0.3) is 0 Å². The van der Waals surface area contributed by atoms with Gasteiger partial charge in [-0.2, -0.15) is 0 Å². The van der Waals surface area contributed by atoms with Gasteiger partial charge in [-0.25, -0.2) is 0 Å². The third-order valence-electron chi connectivity index (χ3n) is 4.06. The first-order valence-corrected chi connectivity index (χ1v) is 7.15. The first-order chi connectivity index (χ1) is 9.45. The highest BCUT2D eigenvalue weighted by Crippen LogP contribution is 2.25. The molecule has 3 atom stereocenters. The molecule has 2 rings (SSSR count). The predicted molar refractivity (Wildman–Crippen MR) is 79.5 cm³/mol. The Bertz CT molecular complexity index is 527. The van der Waals surface area contributed by atoms with Gasteiger partial charge in [-0.05, 0) is 37.5 Å². The van der Waals surface area contributed by atoms with Gasteiger partial charge in [-0.3, -0.25) is 14.5 Å². The maximum atomic E-state index is 12.7. The fourth-order valence-electron chi connectivity index (χ4n) is 2.54. The molecule has 0 aliphatic carbocycles. The summed E-state index contributed by atoms with van der Waals surface area (Å²) in [6, 6.07) is 6.83. The van der Waals surface area contributed by atoms with Crippen LogP contribution in [-0.4, -0.2) is 23.9 Å². The first-order valence-electron chi connectivity index (χ1n) is 7.15. The van der Waals surface area contributed by atoms with E-state index in [4.69, 9.17) is 0 Å². The zero-order valence-corrected chi connectivity index (χ0v) is 12.5. The second-order valence-electron chi connectivity index (χ2n) is 5.60. The van der Waals surface area contributed by atoms with Gasteiger partial charge in [0.2, 0.25) is 5.91 Å². The summed E-state index contributed by atoms with van der Waals surface area (Å²) in [6.07, 6.45) is 0.854. The van der Waals surface area contributed by atoms with Gasteiger partial charge in [0.25, 0.3) is 5.91 Å². The molecule has 1 saturated heterocycles. The number of anilines is 1. The van der Waals surface area contributed by atoms with E-state index in [9.17, 15) is 9.59 Å². The number of benzene rings is 1. The molecule has 1 N–H and O–H groups in total. The minimum Gasteiger partial charge on any atom is -0.342 e. The van der Waals surface area contributed by atoms with Crippen LogP contribution in [0.15, 0.2) is 24.3 Å². The van der Waals surface area contributed by atoms with Gasteiger partial charge in [0.15, 0.2) is 0 Å². The van der Waals surface area contributed by atoms with Gasteiger partial charge in [-0.15, -0.1) is 0 Å². The van der Waals surface area contributed by atoms with E-state index in [1.54, 1.807) is 11.8 Å². The number of carbonyl (C=O) groups excluding carboxylic acids is 2. The SMILES string of the molecule is CCC(C)C1NC(=O)C(C)N(c2cccc(C)c2)C1=O. The largest absolute Gasteiger partial charge is 0.342 e. The molecule has 1 aromatic rings. The maximum absolute atomic E-state index is 12.7. The fraction of sp³-hybridized carbons (Fsp3) is 0.500. The third-order valence-corrected chi connectivity index (χ3v) is 4.06. The van der Waals surface area contributed by atoms with Crippen molar-refractivity contribution in [3.63, 3.8) is 0 Å². The lowest BCUT2D eigenvalue weighted by molar-refractivity contribution is -0.134. The van der Waals surface area contributed by atoms with Gasteiger partial charge in [-0.1, -0.05) is 32.4 Å². The highest BCUT2D eigenvalue weighted by Gasteiger charge is 2.40. The van der Waals surface area contributed by atoms with Gasteiger partial charge in [0.05, 0.1) is 0 Å². The van der Waals surface area contributed by atoms with Crippen molar-refractivity contribution in [2.75, 3.05) is 4.90 Å². The molecule has 0 aromatic heterocycles. The second-order valence-corrected chi connectivity index (χ2v) is 5.60. The van der Waals surface area contributed by atoms with Crippen molar-refractivity contribution in [2.24, 2.45) is 5.92 Å². The average Bonchev–Trinajstić information content (AvgIpc) is 2.42. The smallest absolute Gasteiger partial charge is 0.250 e. The quantitative estimate of drug-likeness (QED) is 0.919. The monoisotopic (exact) mass is 274 g/mol. The predicted octanol–water partition coefficient (Wildman–Crippen LogP) is 2.26. The Morgan fingerprint density at radius 3 is 2.65 bits per heavy atom. The minimum absolute atomic E-state index is 0.0166. The van der Waals surface area contributed by atoms with Gasteiger partial charge in [0.1, 0.15) is 12.1 Å². The van der Waals surface area contributed by atoms with Crippen LogP contribution in [0.3, 0.4) is 0 Å². The fourth-order valence-corrected chi connectivity index (χ4v) is 2.54. The molecule has 3 unspecified atom stereocenters. The lowest BCUT2D eigenvalue weighted by Gasteiger charge is -2.39. The Kier molecular flexibility index (Phi) is 4.12. The number of nitrogens with one attached hydrogen (secondary N) is 1. The molecule has 4 heteroatoms. The van der Waals surface area contributed by atoms with E-state index >= 15 is 0 Å². The van der Waals surface area contributed by atoms with Gasteiger partial charge < -0.3 is 5.32 Å². The van der Waals surface area contributed by atoms with Crippen LogP contribution in [0.4, 0.5) is 5.69 Å². The number of aryl methyl sites for hydroxylation is 1. The second kappa shape index (κ2) is 5.65. The molecule has 1 heterocycles. The molecule has 4 nitrogen and oxygen atoms in total. The summed E-state index contributed by atoms with van der Waals surface area (Å²) >= 11 is 0. The number of hydrogen-bond acceptors (Lipinski definition) is 2. The Labute approximate surface area is 120 Å². The van der Waals surface area contributed by atoms with Crippen molar-refractivity contribution in [3.8, 4) is 0 Å². The Balaban J connectivity index is 2.38. The zero-order chi connectivity index (χ0) is 14.9. The topological polar surface area (TPSA) is 49.4 Å². The molecule has 20 heavy (non-hydrogen) atoms. The van der Waals surface area contributed by atoms with Crippen molar-refractivity contribution in [2.45, 2.75) is 46.2 Å². The number of carbonyl (C=O) groups is 2. The number of amides is 2. The van der Waals surface area contributed by atoms with Crippen LogP contribution < -0.4 is 10.2 Å². The number of piperazine rings is 1. The van der Waals surface area contributed by atoms with E-state index < -0.39 is 12.1 Å². The molecule has 108 valence electrons. The number of nitrogens with zero attached hydrogens (tertiary/aromatic N) is 1. The molecule has 1 aromatic carbocycles. The molecular weight excluding hydrogens is 252 g/mol. The van der Waals surface area contributed by atoms with Crippen LogP contribution in [0.5, 0.6) is 0 Å². The van der Waals surface area contributed by atoms with E-state index in [0.717, 1.165) is 17.7 Å². The van der Waals surface area contributed by atoms with Crippen LogP contribution in [0.1, 0.15) is 32.8 Å². The molecule has 0 saturated carbocycles. The van der Waals surface area contributed by atoms with Crippen molar-refractivity contribution in [1.29, 1.82) is 0 Å². The van der Waals surface area contributed by atoms with E-state index in [0.29, 0.717) is 0 Å². The Morgan fingerprint density at radius 1 is 1.35 bits per heavy atom. The van der Waals surface area contributed by atoms with Crippen molar-refractivity contribution in [1.82, 2.24) is 5.32 Å². The van der Waals surface area contributed by atoms with Crippen molar-refractivity contribution < 1.29 is 9.59 Å². The normalized spacial score (nSPS) is 24.5. The number of rotatable bonds is 3. The molecule has 0 bridgehead atoms. The van der Waals surface area contributed by atoms with E-state index in [1.807, 2.05) is 45.0 Å².